The van der Waals surface area contributed by atoms with Gasteiger partial charge in [-0.3, -0.25) is 0 Å². The number of rotatable bonds is 8. The van der Waals surface area contributed by atoms with E-state index in [9.17, 15) is 0 Å². The Kier molecular flexibility index (Phi) is 9.14. The van der Waals surface area contributed by atoms with E-state index >= 15 is 0 Å². The molecule has 2 heterocycles. The number of hydrogen-bond acceptors (Lipinski definition) is 4. The maximum atomic E-state index is 6.49. The SMILES string of the molecule is c1ccc(-c2ccc(-c3nc(-c4ccccc4)nc(-c4cccc5oc6ccc(-c7cccc(-c8ccc(-c9cccc(-c%10ccccc%10)c9)cc8)c7)cc6c45)n3)cc2)cc1. The lowest BCUT2D eigenvalue weighted by Crippen LogP contribution is -2.00. The second-order valence-electron chi connectivity index (χ2n) is 15.2. The van der Waals surface area contributed by atoms with Crippen molar-refractivity contribution in [2.45, 2.75) is 0 Å². The van der Waals surface area contributed by atoms with Crippen LogP contribution in [0.15, 0.2) is 229 Å². The van der Waals surface area contributed by atoms with Crippen LogP contribution in [0.5, 0.6) is 0 Å². The molecule has 11 aromatic rings. The molecule has 0 spiro atoms. The molecule has 0 fully saturated rings. The first-order valence-electron chi connectivity index (χ1n) is 20.5. The fourth-order valence-corrected chi connectivity index (χ4v) is 8.22. The van der Waals surface area contributed by atoms with Crippen molar-refractivity contribution < 1.29 is 4.42 Å². The molecule has 4 heteroatoms. The average molecular weight is 780 g/mol. The van der Waals surface area contributed by atoms with Crippen molar-refractivity contribution in [3.63, 3.8) is 0 Å². The highest BCUT2D eigenvalue weighted by Gasteiger charge is 2.19. The van der Waals surface area contributed by atoms with E-state index in [2.05, 4.69) is 176 Å². The summed E-state index contributed by atoms with van der Waals surface area (Å²) in [5.74, 6) is 1.82. The minimum Gasteiger partial charge on any atom is -0.456 e. The third-order valence-electron chi connectivity index (χ3n) is 11.4. The number of nitrogens with zero attached hydrogens (tertiary/aromatic N) is 3. The Hall–Kier alpha value is -8.21. The van der Waals surface area contributed by atoms with Crippen molar-refractivity contribution in [1.29, 1.82) is 0 Å². The van der Waals surface area contributed by atoms with Crippen LogP contribution >= 0.6 is 0 Å². The molecule has 0 aliphatic heterocycles. The minimum absolute atomic E-state index is 0.590. The van der Waals surface area contributed by atoms with Crippen LogP contribution < -0.4 is 0 Å². The summed E-state index contributed by atoms with van der Waals surface area (Å²) < 4.78 is 6.49. The van der Waals surface area contributed by atoms with Gasteiger partial charge in [-0.15, -0.1) is 0 Å². The molecule has 0 saturated heterocycles. The van der Waals surface area contributed by atoms with Crippen molar-refractivity contribution in [3.8, 4) is 89.8 Å². The lowest BCUT2D eigenvalue weighted by Gasteiger charge is -2.10. The van der Waals surface area contributed by atoms with E-state index in [-0.39, 0.29) is 0 Å². The van der Waals surface area contributed by atoms with Gasteiger partial charge in [0.25, 0.3) is 0 Å². The molecule has 0 saturated carbocycles. The molecule has 0 bridgehead atoms. The summed E-state index contributed by atoms with van der Waals surface area (Å²) in [6, 6.07) is 78.3. The zero-order valence-electron chi connectivity index (χ0n) is 33.1. The van der Waals surface area contributed by atoms with Gasteiger partial charge in [0.05, 0.1) is 0 Å². The molecule has 2 aromatic heterocycles. The second-order valence-corrected chi connectivity index (χ2v) is 15.2. The molecule has 0 atom stereocenters. The van der Waals surface area contributed by atoms with Gasteiger partial charge in [0, 0.05) is 27.5 Å². The maximum absolute atomic E-state index is 6.49. The van der Waals surface area contributed by atoms with E-state index in [1.165, 1.54) is 22.3 Å². The van der Waals surface area contributed by atoms with Gasteiger partial charge in [-0.1, -0.05) is 194 Å². The molecule has 0 radical (unpaired) electrons. The van der Waals surface area contributed by atoms with Gasteiger partial charge in [0.1, 0.15) is 11.2 Å². The standard InChI is InChI=1S/C57H37N3O/c1-4-13-38(14-5-1)40-29-31-44(32-30-40)56-58-55(43-17-8-3-9-18-43)59-57(60-56)50-23-12-24-53-54(50)51-37-49(33-34-52(51)61-53)48-22-11-21-47(36-48)42-27-25-41(26-28-42)46-20-10-19-45(35-46)39-15-6-2-7-16-39/h1-37H. The molecule has 0 aliphatic carbocycles. The molecule has 4 nitrogen and oxygen atoms in total. The molecular weight excluding hydrogens is 743 g/mol. The van der Waals surface area contributed by atoms with E-state index in [0.717, 1.165) is 72.0 Å². The van der Waals surface area contributed by atoms with Gasteiger partial charge in [0.2, 0.25) is 0 Å². The summed E-state index contributed by atoms with van der Waals surface area (Å²) in [7, 11) is 0. The number of aromatic nitrogens is 3. The van der Waals surface area contributed by atoms with E-state index in [1.807, 2.05) is 48.5 Å². The fourth-order valence-electron chi connectivity index (χ4n) is 8.22. The summed E-state index contributed by atoms with van der Waals surface area (Å²) in [6.07, 6.45) is 0. The molecular formula is C57H37N3O. The Bertz CT molecular complexity index is 3320. The molecule has 9 aromatic carbocycles. The van der Waals surface area contributed by atoms with Crippen LogP contribution in [0.2, 0.25) is 0 Å². The second kappa shape index (κ2) is 15.5. The first-order chi connectivity index (χ1) is 30.2. The number of fused-ring (bicyclic) bond motifs is 3. The Morgan fingerprint density at radius 3 is 1.16 bits per heavy atom. The molecule has 11 rings (SSSR count). The lowest BCUT2D eigenvalue weighted by molar-refractivity contribution is 0.669. The average Bonchev–Trinajstić information content (AvgIpc) is 3.73. The molecule has 61 heavy (non-hydrogen) atoms. The summed E-state index contributed by atoms with van der Waals surface area (Å²) in [4.78, 5) is 15.3. The predicted octanol–water partition coefficient (Wildman–Crippen LogP) is 15.1. The van der Waals surface area contributed by atoms with Crippen molar-refractivity contribution in [2.75, 3.05) is 0 Å². The molecule has 0 amide bonds. The van der Waals surface area contributed by atoms with Crippen LogP contribution in [0.25, 0.3) is 112 Å². The van der Waals surface area contributed by atoms with E-state index in [1.54, 1.807) is 0 Å². The Balaban J connectivity index is 0.958. The van der Waals surface area contributed by atoms with Crippen LogP contribution in [0.3, 0.4) is 0 Å². The van der Waals surface area contributed by atoms with Crippen LogP contribution in [0.4, 0.5) is 0 Å². The zero-order valence-corrected chi connectivity index (χ0v) is 33.1. The van der Waals surface area contributed by atoms with Crippen LogP contribution in [-0.4, -0.2) is 15.0 Å². The minimum atomic E-state index is 0.590. The third kappa shape index (κ3) is 7.07. The first-order valence-corrected chi connectivity index (χ1v) is 20.5. The highest BCUT2D eigenvalue weighted by Crippen LogP contribution is 2.39. The van der Waals surface area contributed by atoms with Crippen LogP contribution in [0.1, 0.15) is 0 Å². The third-order valence-corrected chi connectivity index (χ3v) is 11.4. The Morgan fingerprint density at radius 1 is 0.246 bits per heavy atom. The fraction of sp³-hybridized carbons (Fsp3) is 0. The normalized spacial score (nSPS) is 11.3. The molecule has 0 N–H and O–H groups in total. The van der Waals surface area contributed by atoms with Gasteiger partial charge in [-0.05, 0) is 86.0 Å². The van der Waals surface area contributed by atoms with Gasteiger partial charge < -0.3 is 4.42 Å². The summed E-state index contributed by atoms with van der Waals surface area (Å²) in [5, 5.41) is 1.98. The molecule has 0 aliphatic rings. The summed E-state index contributed by atoms with van der Waals surface area (Å²) in [6.45, 7) is 0. The topological polar surface area (TPSA) is 51.8 Å². The smallest absolute Gasteiger partial charge is 0.164 e. The molecule has 286 valence electrons. The van der Waals surface area contributed by atoms with Crippen molar-refractivity contribution in [1.82, 2.24) is 15.0 Å². The zero-order chi connectivity index (χ0) is 40.5. The highest BCUT2D eigenvalue weighted by molar-refractivity contribution is 6.12. The van der Waals surface area contributed by atoms with Gasteiger partial charge in [-0.2, -0.15) is 0 Å². The van der Waals surface area contributed by atoms with E-state index in [0.29, 0.717) is 17.5 Å². The van der Waals surface area contributed by atoms with Gasteiger partial charge in [-0.25, -0.2) is 15.0 Å². The number of furan rings is 1. The van der Waals surface area contributed by atoms with Crippen LogP contribution in [0, 0.1) is 0 Å². The van der Waals surface area contributed by atoms with Gasteiger partial charge >= 0.3 is 0 Å². The number of benzene rings is 9. The summed E-state index contributed by atoms with van der Waals surface area (Å²) in [5.41, 5.74) is 16.0. The number of hydrogen-bond donors (Lipinski definition) is 0. The van der Waals surface area contributed by atoms with E-state index in [4.69, 9.17) is 19.4 Å². The highest BCUT2D eigenvalue weighted by atomic mass is 16.3. The summed E-state index contributed by atoms with van der Waals surface area (Å²) >= 11 is 0. The first kappa shape index (κ1) is 35.9. The van der Waals surface area contributed by atoms with Gasteiger partial charge in [0.15, 0.2) is 17.5 Å². The molecule has 0 unspecified atom stereocenters. The largest absolute Gasteiger partial charge is 0.456 e. The quantitative estimate of drug-likeness (QED) is 0.154. The monoisotopic (exact) mass is 779 g/mol. The maximum Gasteiger partial charge on any atom is 0.164 e. The van der Waals surface area contributed by atoms with E-state index < -0.39 is 0 Å². The van der Waals surface area contributed by atoms with Crippen LogP contribution in [-0.2, 0) is 0 Å². The van der Waals surface area contributed by atoms with Crippen molar-refractivity contribution in [2.24, 2.45) is 0 Å². The van der Waals surface area contributed by atoms with Crippen molar-refractivity contribution in [3.05, 3.63) is 224 Å². The lowest BCUT2D eigenvalue weighted by atomic mass is 9.95. The Morgan fingerprint density at radius 2 is 0.607 bits per heavy atom. The predicted molar refractivity (Wildman–Crippen MR) is 251 cm³/mol. The van der Waals surface area contributed by atoms with Crippen molar-refractivity contribution >= 4 is 21.9 Å². The Labute approximate surface area is 354 Å².